The van der Waals surface area contributed by atoms with Crippen molar-refractivity contribution in [1.29, 1.82) is 0 Å². The fourth-order valence-electron chi connectivity index (χ4n) is 4.05. The lowest BCUT2D eigenvalue weighted by atomic mass is 9.87. The Hall–Kier alpha value is -1.98. The molecule has 1 spiro atoms. The van der Waals surface area contributed by atoms with Crippen molar-refractivity contribution in [2.75, 3.05) is 44.3 Å². The lowest BCUT2D eigenvalue weighted by Crippen LogP contribution is -2.40. The van der Waals surface area contributed by atoms with Crippen LogP contribution in [0.1, 0.15) is 17.8 Å². The molecule has 2 aliphatic heterocycles. The molecule has 2 aliphatic rings. The highest BCUT2D eigenvalue weighted by Gasteiger charge is 2.41. The van der Waals surface area contributed by atoms with Crippen LogP contribution < -0.4 is 4.90 Å². The van der Waals surface area contributed by atoms with E-state index in [1.807, 2.05) is 12.3 Å². The van der Waals surface area contributed by atoms with Crippen molar-refractivity contribution >= 4 is 5.82 Å². The van der Waals surface area contributed by atoms with Crippen LogP contribution in [0.15, 0.2) is 42.6 Å². The van der Waals surface area contributed by atoms with Gasteiger partial charge >= 0.3 is 0 Å². The van der Waals surface area contributed by atoms with Crippen LogP contribution in [-0.2, 0) is 11.3 Å². The van der Waals surface area contributed by atoms with E-state index in [1.165, 1.54) is 0 Å². The van der Waals surface area contributed by atoms with E-state index in [-0.39, 0.29) is 5.41 Å². The molecule has 2 fully saturated rings. The Morgan fingerprint density at radius 1 is 1.12 bits per heavy atom. The molecule has 25 heavy (non-hydrogen) atoms. The largest absolute Gasteiger partial charge is 0.379 e. The molecule has 5 heteroatoms. The Labute approximate surface area is 149 Å². The van der Waals surface area contributed by atoms with E-state index in [0.29, 0.717) is 0 Å². The van der Waals surface area contributed by atoms with Crippen molar-refractivity contribution in [1.82, 2.24) is 14.9 Å². The second-order valence-electron chi connectivity index (χ2n) is 7.39. The molecule has 0 aliphatic carbocycles. The van der Waals surface area contributed by atoms with Gasteiger partial charge in [-0.1, -0.05) is 12.1 Å². The quantitative estimate of drug-likeness (QED) is 0.860. The summed E-state index contributed by atoms with van der Waals surface area (Å²) < 4.78 is 6.00. The van der Waals surface area contributed by atoms with Crippen LogP contribution in [0.2, 0.25) is 0 Å². The van der Waals surface area contributed by atoms with Crippen LogP contribution in [-0.4, -0.2) is 54.3 Å². The van der Waals surface area contributed by atoms with E-state index in [2.05, 4.69) is 57.0 Å². The topological polar surface area (TPSA) is 41.5 Å². The summed E-state index contributed by atoms with van der Waals surface area (Å²) in [5, 5.41) is 0. The molecule has 2 saturated heterocycles. The van der Waals surface area contributed by atoms with Gasteiger partial charge in [-0.3, -0.25) is 9.88 Å². The van der Waals surface area contributed by atoms with Crippen LogP contribution in [0.3, 0.4) is 0 Å². The summed E-state index contributed by atoms with van der Waals surface area (Å²) in [5.74, 6) is 1.08. The first-order valence-electron chi connectivity index (χ1n) is 9.11. The molecule has 0 unspecified atom stereocenters. The van der Waals surface area contributed by atoms with E-state index in [4.69, 9.17) is 4.74 Å². The van der Waals surface area contributed by atoms with Gasteiger partial charge in [0.15, 0.2) is 0 Å². The number of hydrogen-bond donors (Lipinski definition) is 0. The zero-order valence-corrected chi connectivity index (χ0v) is 14.9. The highest BCUT2D eigenvalue weighted by molar-refractivity contribution is 5.40. The maximum atomic E-state index is 6.00. The van der Waals surface area contributed by atoms with Crippen LogP contribution >= 0.6 is 0 Å². The lowest BCUT2D eigenvalue weighted by Gasteiger charge is -2.31. The average Bonchev–Trinajstić information content (AvgIpc) is 2.93. The van der Waals surface area contributed by atoms with E-state index in [9.17, 15) is 0 Å². The summed E-state index contributed by atoms with van der Waals surface area (Å²) in [7, 11) is 0. The predicted molar refractivity (Wildman–Crippen MR) is 98.6 cm³/mol. The van der Waals surface area contributed by atoms with Gasteiger partial charge < -0.3 is 9.64 Å². The zero-order valence-electron chi connectivity index (χ0n) is 14.9. The number of hydrogen-bond acceptors (Lipinski definition) is 5. The fraction of sp³-hybridized carbons (Fsp3) is 0.500. The lowest BCUT2D eigenvalue weighted by molar-refractivity contribution is 0.0798. The molecule has 2 aromatic rings. The number of ether oxygens (including phenoxy) is 1. The number of aryl methyl sites for hydroxylation is 1. The van der Waals surface area contributed by atoms with Gasteiger partial charge in [0.25, 0.3) is 0 Å². The summed E-state index contributed by atoms with van der Waals surface area (Å²) in [5.41, 5.74) is 2.43. The monoisotopic (exact) mass is 338 g/mol. The first-order chi connectivity index (χ1) is 12.2. The summed E-state index contributed by atoms with van der Waals surface area (Å²) in [6, 6.07) is 12.4. The van der Waals surface area contributed by atoms with Gasteiger partial charge in [-0.2, -0.15) is 0 Å². The Morgan fingerprint density at radius 2 is 2.08 bits per heavy atom. The van der Waals surface area contributed by atoms with Gasteiger partial charge in [0.2, 0.25) is 0 Å². The third kappa shape index (κ3) is 3.83. The first-order valence-corrected chi connectivity index (χ1v) is 9.11. The van der Waals surface area contributed by atoms with E-state index >= 15 is 0 Å². The molecule has 132 valence electrons. The number of aromatic nitrogens is 2. The molecular weight excluding hydrogens is 312 g/mol. The van der Waals surface area contributed by atoms with Gasteiger partial charge in [-0.05, 0) is 37.6 Å². The normalized spacial score (nSPS) is 24.6. The molecule has 0 amide bonds. The van der Waals surface area contributed by atoms with Crippen molar-refractivity contribution in [3.63, 3.8) is 0 Å². The van der Waals surface area contributed by atoms with Gasteiger partial charge in [0.1, 0.15) is 5.82 Å². The third-order valence-corrected chi connectivity index (χ3v) is 5.26. The minimum Gasteiger partial charge on any atom is -0.379 e. The zero-order chi connectivity index (χ0) is 17.1. The molecule has 0 radical (unpaired) electrons. The summed E-state index contributed by atoms with van der Waals surface area (Å²) >= 11 is 0. The first kappa shape index (κ1) is 16.5. The van der Waals surface area contributed by atoms with Gasteiger partial charge in [0, 0.05) is 50.0 Å². The maximum absolute atomic E-state index is 6.00. The van der Waals surface area contributed by atoms with E-state index in [1.54, 1.807) is 0 Å². The molecular formula is C20H26N4O. The van der Waals surface area contributed by atoms with Crippen LogP contribution in [0.25, 0.3) is 0 Å². The molecule has 5 nitrogen and oxygen atoms in total. The molecule has 4 heterocycles. The van der Waals surface area contributed by atoms with Crippen molar-refractivity contribution in [2.45, 2.75) is 19.9 Å². The molecule has 2 aromatic heterocycles. The minimum absolute atomic E-state index is 0.192. The predicted octanol–water partition coefficient (Wildman–Crippen LogP) is 2.51. The SMILES string of the molecule is Cc1cccc(CN2CCOC[C@@]3(CCN(c4ccccn4)C3)C2)n1. The summed E-state index contributed by atoms with van der Waals surface area (Å²) in [4.78, 5) is 14.1. The minimum atomic E-state index is 0.192. The number of pyridine rings is 2. The van der Waals surface area contributed by atoms with Gasteiger partial charge in [0.05, 0.1) is 18.9 Å². The number of nitrogens with zero attached hydrogens (tertiary/aromatic N) is 4. The van der Waals surface area contributed by atoms with E-state index in [0.717, 1.165) is 69.6 Å². The number of anilines is 1. The molecule has 0 aromatic carbocycles. The Balaban J connectivity index is 1.46. The molecule has 0 bridgehead atoms. The molecule has 0 saturated carbocycles. The standard InChI is InChI=1S/C20H26N4O/c1-17-5-4-6-18(22-17)13-23-11-12-25-16-20(14-23)8-10-24(15-20)19-7-2-3-9-21-19/h2-7,9H,8,10-16H2,1H3/t20-/m0/s1. The average molecular weight is 338 g/mol. The smallest absolute Gasteiger partial charge is 0.128 e. The number of rotatable bonds is 3. The Kier molecular flexibility index (Phi) is 4.68. The van der Waals surface area contributed by atoms with Gasteiger partial charge in [-0.25, -0.2) is 4.98 Å². The van der Waals surface area contributed by atoms with E-state index < -0.39 is 0 Å². The van der Waals surface area contributed by atoms with Crippen LogP contribution in [0.5, 0.6) is 0 Å². The molecule has 1 atom stereocenters. The maximum Gasteiger partial charge on any atom is 0.128 e. The second-order valence-corrected chi connectivity index (χ2v) is 7.39. The van der Waals surface area contributed by atoms with Crippen molar-refractivity contribution < 1.29 is 4.74 Å². The van der Waals surface area contributed by atoms with Crippen molar-refractivity contribution in [3.05, 3.63) is 54.0 Å². The van der Waals surface area contributed by atoms with Gasteiger partial charge in [-0.15, -0.1) is 0 Å². The Morgan fingerprint density at radius 3 is 2.92 bits per heavy atom. The molecule has 4 rings (SSSR count). The fourth-order valence-corrected chi connectivity index (χ4v) is 4.05. The molecule has 0 N–H and O–H groups in total. The third-order valence-electron chi connectivity index (χ3n) is 5.26. The second kappa shape index (κ2) is 7.10. The highest BCUT2D eigenvalue weighted by atomic mass is 16.5. The highest BCUT2D eigenvalue weighted by Crippen LogP contribution is 2.35. The van der Waals surface area contributed by atoms with Crippen LogP contribution in [0, 0.1) is 12.3 Å². The van der Waals surface area contributed by atoms with Crippen molar-refractivity contribution in [2.24, 2.45) is 5.41 Å². The van der Waals surface area contributed by atoms with Crippen molar-refractivity contribution in [3.8, 4) is 0 Å². The Bertz CT molecular complexity index is 708. The van der Waals surface area contributed by atoms with Crippen LogP contribution in [0.4, 0.5) is 5.82 Å². The summed E-state index contributed by atoms with van der Waals surface area (Å²) in [6.07, 6.45) is 3.03. The summed E-state index contributed by atoms with van der Waals surface area (Å²) in [6.45, 7) is 8.70.